The van der Waals surface area contributed by atoms with Gasteiger partial charge in [0.1, 0.15) is 6.61 Å². The van der Waals surface area contributed by atoms with E-state index in [2.05, 4.69) is 5.16 Å². The van der Waals surface area contributed by atoms with E-state index in [0.29, 0.717) is 36.8 Å². The van der Waals surface area contributed by atoms with Gasteiger partial charge in [-0.25, -0.2) is 0 Å². The number of rotatable bonds is 8. The van der Waals surface area contributed by atoms with E-state index in [1.807, 2.05) is 18.2 Å². The molecule has 0 aliphatic heterocycles. The highest BCUT2D eigenvalue weighted by molar-refractivity contribution is 7.98. The van der Waals surface area contributed by atoms with Gasteiger partial charge in [-0.1, -0.05) is 70.3 Å². The van der Waals surface area contributed by atoms with Crippen molar-refractivity contribution >= 4 is 58.5 Å². The SMILES string of the molecule is O=[N+]([O-])c1cc(/C=N/OCc2c(Cl)cccc2Cl)ccc1SCc1ccccc1Cl. The number of hydrogen-bond donors (Lipinski definition) is 0. The highest BCUT2D eigenvalue weighted by atomic mass is 35.5. The minimum absolute atomic E-state index is 0.00912. The lowest BCUT2D eigenvalue weighted by atomic mass is 10.2. The van der Waals surface area contributed by atoms with Crippen LogP contribution in [-0.4, -0.2) is 11.1 Å². The van der Waals surface area contributed by atoms with E-state index in [0.717, 1.165) is 5.56 Å². The molecule has 0 N–H and O–H groups in total. The van der Waals surface area contributed by atoms with Crippen LogP contribution in [0.25, 0.3) is 0 Å². The smallest absolute Gasteiger partial charge is 0.283 e. The molecule has 0 saturated heterocycles. The second kappa shape index (κ2) is 10.7. The lowest BCUT2D eigenvalue weighted by Gasteiger charge is -2.06. The summed E-state index contributed by atoms with van der Waals surface area (Å²) in [6.45, 7) is 0.0862. The Labute approximate surface area is 192 Å². The van der Waals surface area contributed by atoms with Crippen LogP contribution in [0.15, 0.2) is 70.7 Å². The quantitative estimate of drug-likeness (QED) is 0.145. The first-order chi connectivity index (χ1) is 14.5. The molecule has 0 atom stereocenters. The molecule has 9 heteroatoms. The molecule has 0 aliphatic rings. The fourth-order valence-electron chi connectivity index (χ4n) is 2.52. The van der Waals surface area contributed by atoms with Crippen molar-refractivity contribution < 1.29 is 9.76 Å². The second-order valence-electron chi connectivity index (χ2n) is 6.07. The van der Waals surface area contributed by atoms with Crippen LogP contribution in [0.2, 0.25) is 15.1 Å². The van der Waals surface area contributed by atoms with Gasteiger partial charge in [-0.05, 0) is 29.8 Å². The Hall–Kier alpha value is -2.25. The number of nitro groups is 1. The Morgan fingerprint density at radius 1 is 1.00 bits per heavy atom. The fraction of sp³-hybridized carbons (Fsp3) is 0.0952. The lowest BCUT2D eigenvalue weighted by molar-refractivity contribution is -0.387. The molecule has 0 aromatic heterocycles. The summed E-state index contributed by atoms with van der Waals surface area (Å²) >= 11 is 19.7. The first-order valence-corrected chi connectivity index (χ1v) is 10.8. The summed E-state index contributed by atoms with van der Waals surface area (Å²) in [6.07, 6.45) is 1.40. The molecule has 0 heterocycles. The summed E-state index contributed by atoms with van der Waals surface area (Å²) in [6, 6.07) is 17.4. The van der Waals surface area contributed by atoms with Gasteiger partial charge in [-0.2, -0.15) is 0 Å². The number of oxime groups is 1. The molecule has 0 spiro atoms. The van der Waals surface area contributed by atoms with Crippen LogP contribution in [-0.2, 0) is 17.2 Å². The van der Waals surface area contributed by atoms with Crippen molar-refractivity contribution in [3.8, 4) is 0 Å². The Bertz CT molecular complexity index is 1070. The molecule has 154 valence electrons. The van der Waals surface area contributed by atoms with Gasteiger partial charge >= 0.3 is 0 Å². The zero-order chi connectivity index (χ0) is 21.5. The van der Waals surface area contributed by atoms with E-state index in [4.69, 9.17) is 39.6 Å². The Morgan fingerprint density at radius 2 is 1.70 bits per heavy atom. The van der Waals surface area contributed by atoms with Crippen LogP contribution in [0.1, 0.15) is 16.7 Å². The van der Waals surface area contributed by atoms with Crippen molar-refractivity contribution in [2.45, 2.75) is 17.3 Å². The largest absolute Gasteiger partial charge is 0.391 e. The predicted octanol–water partition coefficient (Wildman–Crippen LogP) is 7.40. The van der Waals surface area contributed by atoms with E-state index in [9.17, 15) is 10.1 Å². The van der Waals surface area contributed by atoms with E-state index >= 15 is 0 Å². The number of nitro benzene ring substituents is 1. The van der Waals surface area contributed by atoms with Crippen LogP contribution in [0.4, 0.5) is 5.69 Å². The summed E-state index contributed by atoms with van der Waals surface area (Å²) < 4.78 is 0. The minimum atomic E-state index is -0.420. The van der Waals surface area contributed by atoms with Crippen molar-refractivity contribution in [1.82, 2.24) is 0 Å². The predicted molar refractivity (Wildman–Crippen MR) is 123 cm³/mol. The van der Waals surface area contributed by atoms with Gasteiger partial charge in [-0.3, -0.25) is 10.1 Å². The number of thioether (sulfide) groups is 1. The Kier molecular flexibility index (Phi) is 7.99. The Morgan fingerprint density at radius 3 is 2.40 bits per heavy atom. The van der Waals surface area contributed by atoms with E-state index in [-0.39, 0.29) is 12.3 Å². The van der Waals surface area contributed by atoms with Crippen molar-refractivity contribution in [3.05, 3.63) is 103 Å². The van der Waals surface area contributed by atoms with Gasteiger partial charge in [0.2, 0.25) is 0 Å². The molecule has 30 heavy (non-hydrogen) atoms. The standard InChI is InChI=1S/C21H15Cl3N2O3S/c22-17-5-2-1-4-15(17)13-30-21-9-8-14(10-20(21)26(27)28)11-25-29-12-16-18(23)6-3-7-19(16)24/h1-11H,12-13H2/b25-11+. The van der Waals surface area contributed by atoms with Crippen LogP contribution in [0.3, 0.4) is 0 Å². The molecule has 0 saturated carbocycles. The molecule has 0 fully saturated rings. The maximum Gasteiger partial charge on any atom is 0.283 e. The number of hydrogen-bond acceptors (Lipinski definition) is 5. The maximum atomic E-state index is 11.5. The summed E-state index contributed by atoms with van der Waals surface area (Å²) in [7, 11) is 0. The molecule has 0 aliphatic carbocycles. The van der Waals surface area contributed by atoms with Crippen molar-refractivity contribution in [1.29, 1.82) is 0 Å². The Balaban J connectivity index is 1.68. The summed E-state index contributed by atoms with van der Waals surface area (Å²) in [4.78, 5) is 16.9. The van der Waals surface area contributed by atoms with Gasteiger partial charge in [-0.15, -0.1) is 11.8 Å². The summed E-state index contributed by atoms with van der Waals surface area (Å²) in [5.74, 6) is 0.523. The topological polar surface area (TPSA) is 64.7 Å². The normalized spacial score (nSPS) is 11.0. The van der Waals surface area contributed by atoms with Crippen LogP contribution in [0, 0.1) is 10.1 Å². The molecule has 3 aromatic rings. The highest BCUT2D eigenvalue weighted by Crippen LogP contribution is 2.33. The molecule has 0 bridgehead atoms. The molecular weight excluding hydrogens is 467 g/mol. The van der Waals surface area contributed by atoms with Gasteiger partial charge < -0.3 is 4.84 Å². The van der Waals surface area contributed by atoms with Crippen molar-refractivity contribution in [2.24, 2.45) is 5.16 Å². The number of benzene rings is 3. The first-order valence-electron chi connectivity index (χ1n) is 8.68. The first kappa shape index (κ1) is 22.4. The monoisotopic (exact) mass is 480 g/mol. The van der Waals surface area contributed by atoms with E-state index < -0.39 is 4.92 Å². The zero-order valence-corrected chi connectivity index (χ0v) is 18.5. The molecule has 0 radical (unpaired) electrons. The molecule has 5 nitrogen and oxygen atoms in total. The summed E-state index contributed by atoms with van der Waals surface area (Å²) in [5, 5.41) is 17.0. The van der Waals surface area contributed by atoms with Gasteiger partial charge in [0.15, 0.2) is 0 Å². The van der Waals surface area contributed by atoms with E-state index in [1.54, 1.807) is 36.4 Å². The van der Waals surface area contributed by atoms with Crippen LogP contribution >= 0.6 is 46.6 Å². The molecule has 0 unspecified atom stereocenters. The number of nitrogens with zero attached hydrogens (tertiary/aromatic N) is 2. The van der Waals surface area contributed by atoms with Gasteiger partial charge in [0.05, 0.1) is 16.0 Å². The minimum Gasteiger partial charge on any atom is -0.391 e. The average molecular weight is 482 g/mol. The zero-order valence-electron chi connectivity index (χ0n) is 15.4. The van der Waals surface area contributed by atoms with Crippen molar-refractivity contribution in [3.63, 3.8) is 0 Å². The third-order valence-electron chi connectivity index (χ3n) is 4.07. The van der Waals surface area contributed by atoms with Gasteiger partial charge in [0.25, 0.3) is 5.69 Å². The second-order valence-corrected chi connectivity index (χ2v) is 8.31. The van der Waals surface area contributed by atoms with Crippen molar-refractivity contribution in [2.75, 3.05) is 0 Å². The highest BCUT2D eigenvalue weighted by Gasteiger charge is 2.15. The molecule has 0 amide bonds. The average Bonchev–Trinajstić information content (AvgIpc) is 2.72. The fourth-order valence-corrected chi connectivity index (χ4v) is 4.32. The molecule has 3 aromatic carbocycles. The lowest BCUT2D eigenvalue weighted by Crippen LogP contribution is -1.95. The molecule has 3 rings (SSSR count). The maximum absolute atomic E-state index is 11.5. The van der Waals surface area contributed by atoms with Crippen LogP contribution < -0.4 is 0 Å². The molecular formula is C21H15Cl3N2O3S. The summed E-state index contributed by atoms with van der Waals surface area (Å²) in [5.41, 5.74) is 2.06. The van der Waals surface area contributed by atoms with E-state index in [1.165, 1.54) is 24.0 Å². The van der Waals surface area contributed by atoms with Crippen LogP contribution in [0.5, 0.6) is 0 Å². The van der Waals surface area contributed by atoms with Gasteiger partial charge in [0, 0.05) is 38.0 Å². The number of halogens is 3. The third-order valence-corrected chi connectivity index (χ3v) is 6.26. The third kappa shape index (κ3) is 5.89.